The molecule has 0 fully saturated rings. The number of hydrogen-bond donors (Lipinski definition) is 0. The summed E-state index contributed by atoms with van der Waals surface area (Å²) in [5.41, 5.74) is 17.0. The van der Waals surface area contributed by atoms with Crippen molar-refractivity contribution >= 4 is 23.1 Å². The Morgan fingerprint density at radius 3 is 1.41 bits per heavy atom. The molecule has 1 aliphatic rings. The topological polar surface area (TPSA) is 0 Å². The third-order valence-corrected chi connectivity index (χ3v) is 7.29. The summed E-state index contributed by atoms with van der Waals surface area (Å²) in [4.78, 5) is 0. The summed E-state index contributed by atoms with van der Waals surface area (Å²) in [5.74, 6) is 0.269. The number of aryl methyl sites for hydroxylation is 6. The Balaban J connectivity index is 1.85. The molecule has 0 amide bonds. The molecule has 0 saturated heterocycles. The van der Waals surface area contributed by atoms with Crippen molar-refractivity contribution in [3.63, 3.8) is 0 Å². The van der Waals surface area contributed by atoms with E-state index in [4.69, 9.17) is 0 Å². The molecule has 4 aromatic carbocycles. The highest BCUT2D eigenvalue weighted by Crippen LogP contribution is 2.37. The van der Waals surface area contributed by atoms with Gasteiger partial charge in [0.05, 0.1) is 0 Å². The zero-order valence-corrected chi connectivity index (χ0v) is 20.1. The van der Waals surface area contributed by atoms with E-state index in [0.29, 0.717) is 0 Å². The summed E-state index contributed by atoms with van der Waals surface area (Å²) >= 11 is 0. The molecule has 1 heteroatoms. The second-order valence-electron chi connectivity index (χ2n) is 9.75. The van der Waals surface area contributed by atoms with Crippen LogP contribution in [-0.4, -0.2) is 6.71 Å². The highest BCUT2D eigenvalue weighted by Gasteiger charge is 2.38. The lowest BCUT2D eigenvalue weighted by atomic mass is 9.31. The molecule has 1 aliphatic heterocycles. The standard InChI is InChI=1S/C31H31B/c1-19-15-21(3)29(22(4)16-19)30-25-11-7-9-13-27(25)32(28-14-10-8-12-26(28)30)31-23(5)17-20(2)18-24(31)6/h7-18,30H,1-6H3. The zero-order chi connectivity index (χ0) is 22.6. The summed E-state index contributed by atoms with van der Waals surface area (Å²) in [7, 11) is 0. The molecule has 5 rings (SSSR count). The van der Waals surface area contributed by atoms with E-state index < -0.39 is 0 Å². The molecule has 4 aromatic rings. The molecule has 0 bridgehead atoms. The van der Waals surface area contributed by atoms with Crippen molar-refractivity contribution in [3.8, 4) is 0 Å². The minimum atomic E-state index is 0.269. The maximum absolute atomic E-state index is 2.36. The lowest BCUT2D eigenvalue weighted by molar-refractivity contribution is 0.952. The van der Waals surface area contributed by atoms with E-state index in [-0.39, 0.29) is 12.6 Å². The Kier molecular flexibility index (Phi) is 5.09. The van der Waals surface area contributed by atoms with Gasteiger partial charge in [0.2, 0.25) is 6.71 Å². The smallest absolute Gasteiger partial charge is 0.0667 e. The highest BCUT2D eigenvalue weighted by atomic mass is 14.3. The molecular formula is C31H31B. The molecule has 0 unspecified atom stereocenters. The van der Waals surface area contributed by atoms with Crippen LogP contribution in [0.2, 0.25) is 0 Å². The van der Waals surface area contributed by atoms with E-state index in [1.165, 1.54) is 66.5 Å². The molecule has 0 atom stereocenters. The fraction of sp³-hybridized carbons (Fsp3) is 0.226. The Bertz CT molecular complexity index is 1150. The third kappa shape index (κ3) is 3.23. The monoisotopic (exact) mass is 414 g/mol. The first-order valence-corrected chi connectivity index (χ1v) is 11.7. The van der Waals surface area contributed by atoms with Gasteiger partial charge in [-0.15, -0.1) is 0 Å². The molecule has 0 saturated carbocycles. The fourth-order valence-corrected chi connectivity index (χ4v) is 6.32. The van der Waals surface area contributed by atoms with Gasteiger partial charge in [-0.2, -0.15) is 0 Å². The Labute approximate surface area is 193 Å². The molecule has 0 N–H and O–H groups in total. The van der Waals surface area contributed by atoms with Crippen LogP contribution in [0.4, 0.5) is 0 Å². The van der Waals surface area contributed by atoms with Gasteiger partial charge in [0.25, 0.3) is 0 Å². The van der Waals surface area contributed by atoms with Gasteiger partial charge < -0.3 is 0 Å². The van der Waals surface area contributed by atoms with E-state index in [1.807, 2.05) is 0 Å². The predicted octanol–water partition coefficient (Wildman–Crippen LogP) is 5.55. The summed E-state index contributed by atoms with van der Waals surface area (Å²) in [5, 5.41) is 0. The average Bonchev–Trinajstić information content (AvgIpc) is 2.73. The van der Waals surface area contributed by atoms with Gasteiger partial charge in [-0.05, 0) is 69.4 Å². The first-order chi connectivity index (χ1) is 15.4. The quantitative estimate of drug-likeness (QED) is 0.333. The van der Waals surface area contributed by atoms with Gasteiger partial charge in [-0.1, -0.05) is 111 Å². The van der Waals surface area contributed by atoms with Crippen LogP contribution in [-0.2, 0) is 0 Å². The lowest BCUT2D eigenvalue weighted by Gasteiger charge is -2.36. The number of benzene rings is 4. The lowest BCUT2D eigenvalue weighted by Crippen LogP contribution is -2.59. The maximum Gasteiger partial charge on any atom is 0.242 e. The second kappa shape index (κ2) is 7.82. The largest absolute Gasteiger partial charge is 0.242 e. The van der Waals surface area contributed by atoms with Crippen LogP contribution in [0.5, 0.6) is 0 Å². The van der Waals surface area contributed by atoms with Crippen LogP contribution in [0, 0.1) is 41.5 Å². The molecule has 0 spiro atoms. The minimum absolute atomic E-state index is 0.269. The molecule has 1 heterocycles. The molecule has 0 aliphatic carbocycles. The van der Waals surface area contributed by atoms with Crippen molar-refractivity contribution in [2.45, 2.75) is 47.5 Å². The van der Waals surface area contributed by atoms with E-state index in [2.05, 4.69) is 114 Å². The van der Waals surface area contributed by atoms with Gasteiger partial charge in [-0.3, -0.25) is 0 Å². The minimum Gasteiger partial charge on any atom is -0.0667 e. The van der Waals surface area contributed by atoms with Crippen LogP contribution in [0.3, 0.4) is 0 Å². The number of hydrogen-bond acceptors (Lipinski definition) is 0. The van der Waals surface area contributed by atoms with Crippen molar-refractivity contribution in [2.24, 2.45) is 0 Å². The first kappa shape index (κ1) is 20.8. The SMILES string of the molecule is Cc1cc(C)c(B2c3ccccc3C(c3c(C)cc(C)cc3C)c3ccccc32)c(C)c1. The first-order valence-electron chi connectivity index (χ1n) is 11.7. The van der Waals surface area contributed by atoms with Gasteiger partial charge in [0.1, 0.15) is 0 Å². The number of rotatable bonds is 2. The van der Waals surface area contributed by atoms with Crippen LogP contribution >= 0.6 is 0 Å². The van der Waals surface area contributed by atoms with Crippen molar-refractivity contribution < 1.29 is 0 Å². The molecule has 32 heavy (non-hydrogen) atoms. The Hall–Kier alpha value is -3.06. The average molecular weight is 414 g/mol. The molecule has 0 radical (unpaired) electrons. The van der Waals surface area contributed by atoms with E-state index in [9.17, 15) is 0 Å². The van der Waals surface area contributed by atoms with Gasteiger partial charge in [0, 0.05) is 5.92 Å². The van der Waals surface area contributed by atoms with Crippen LogP contribution in [0.25, 0.3) is 0 Å². The molecule has 0 nitrogen and oxygen atoms in total. The third-order valence-electron chi connectivity index (χ3n) is 7.29. The van der Waals surface area contributed by atoms with Crippen LogP contribution in [0.1, 0.15) is 56.0 Å². The van der Waals surface area contributed by atoms with E-state index >= 15 is 0 Å². The summed E-state index contributed by atoms with van der Waals surface area (Å²) in [6, 6.07) is 27.7. The summed E-state index contributed by atoms with van der Waals surface area (Å²) in [6.07, 6.45) is 0. The fourth-order valence-electron chi connectivity index (χ4n) is 6.32. The predicted molar refractivity (Wildman–Crippen MR) is 140 cm³/mol. The molecule has 158 valence electrons. The van der Waals surface area contributed by atoms with Crippen LogP contribution in [0.15, 0.2) is 72.8 Å². The number of fused-ring (bicyclic) bond motifs is 2. The molecular weight excluding hydrogens is 383 g/mol. The van der Waals surface area contributed by atoms with Crippen molar-refractivity contribution in [3.05, 3.63) is 123 Å². The van der Waals surface area contributed by atoms with Crippen molar-refractivity contribution in [1.29, 1.82) is 0 Å². The van der Waals surface area contributed by atoms with Crippen LogP contribution < -0.4 is 16.4 Å². The maximum atomic E-state index is 2.36. The van der Waals surface area contributed by atoms with Gasteiger partial charge in [0.15, 0.2) is 0 Å². The summed E-state index contributed by atoms with van der Waals surface area (Å²) in [6.45, 7) is 13.8. The Morgan fingerprint density at radius 2 is 0.938 bits per heavy atom. The van der Waals surface area contributed by atoms with Gasteiger partial charge >= 0.3 is 0 Å². The highest BCUT2D eigenvalue weighted by molar-refractivity contribution is 6.97. The molecule has 0 aromatic heterocycles. The van der Waals surface area contributed by atoms with Crippen molar-refractivity contribution in [1.82, 2.24) is 0 Å². The van der Waals surface area contributed by atoms with E-state index in [1.54, 1.807) is 0 Å². The van der Waals surface area contributed by atoms with Crippen molar-refractivity contribution in [2.75, 3.05) is 0 Å². The van der Waals surface area contributed by atoms with E-state index in [0.717, 1.165) is 0 Å². The normalized spacial score (nSPS) is 13.1. The zero-order valence-electron chi connectivity index (χ0n) is 20.1. The second-order valence-corrected chi connectivity index (χ2v) is 9.75. The van der Waals surface area contributed by atoms with Gasteiger partial charge in [-0.25, -0.2) is 0 Å². The summed E-state index contributed by atoms with van der Waals surface area (Å²) < 4.78 is 0. The Morgan fingerprint density at radius 1 is 0.531 bits per heavy atom.